The number of amides is 1. The lowest BCUT2D eigenvalue weighted by atomic mass is 10.2. The molecule has 0 aliphatic heterocycles. The molecule has 0 fully saturated rings. The fraction of sp³-hybridized carbons (Fsp3) is 0.0714. The van der Waals surface area contributed by atoms with E-state index in [0.717, 1.165) is 5.56 Å². The summed E-state index contributed by atoms with van der Waals surface area (Å²) in [5, 5.41) is 3.89. The van der Waals surface area contributed by atoms with E-state index >= 15 is 0 Å². The molecule has 5 nitrogen and oxygen atoms in total. The van der Waals surface area contributed by atoms with E-state index in [0.29, 0.717) is 11.3 Å². The van der Waals surface area contributed by atoms with Crippen LogP contribution >= 0.6 is 0 Å². The maximum Gasteiger partial charge on any atom is 0.275 e. The standard InChI is InChI=1S/C14H13N3O2/c1-19-13-5-3-2-4-12(13)14(18)17-16-10-11-6-8-15-9-7-11/h2-10H,1H3,(H,17,18)/b16-10-. The second-order valence-corrected chi connectivity index (χ2v) is 3.68. The second-order valence-electron chi connectivity index (χ2n) is 3.68. The van der Waals surface area contributed by atoms with Crippen LogP contribution in [0.15, 0.2) is 53.9 Å². The monoisotopic (exact) mass is 255 g/mol. The first kappa shape index (κ1) is 12.8. The molecule has 5 heteroatoms. The molecule has 1 heterocycles. The summed E-state index contributed by atoms with van der Waals surface area (Å²) < 4.78 is 5.11. The van der Waals surface area contributed by atoms with E-state index in [9.17, 15) is 4.79 Å². The highest BCUT2D eigenvalue weighted by Crippen LogP contribution is 2.16. The molecular formula is C14H13N3O2. The summed E-state index contributed by atoms with van der Waals surface area (Å²) in [4.78, 5) is 15.8. The number of para-hydroxylation sites is 1. The number of aromatic nitrogens is 1. The number of benzene rings is 1. The fourth-order valence-corrected chi connectivity index (χ4v) is 1.51. The zero-order chi connectivity index (χ0) is 13.5. The van der Waals surface area contributed by atoms with Gasteiger partial charge in [0.1, 0.15) is 5.75 Å². The van der Waals surface area contributed by atoms with Gasteiger partial charge in [-0.1, -0.05) is 12.1 Å². The topological polar surface area (TPSA) is 63.6 Å². The number of pyridine rings is 1. The molecule has 1 N–H and O–H groups in total. The van der Waals surface area contributed by atoms with Gasteiger partial charge < -0.3 is 4.74 Å². The predicted molar refractivity (Wildman–Crippen MR) is 72.3 cm³/mol. The molecule has 1 amide bonds. The van der Waals surface area contributed by atoms with Gasteiger partial charge in [-0.25, -0.2) is 5.43 Å². The number of nitrogens with one attached hydrogen (secondary N) is 1. The lowest BCUT2D eigenvalue weighted by Gasteiger charge is -2.05. The van der Waals surface area contributed by atoms with Gasteiger partial charge in [-0.2, -0.15) is 5.10 Å². The van der Waals surface area contributed by atoms with Crippen molar-refractivity contribution < 1.29 is 9.53 Å². The maximum absolute atomic E-state index is 11.9. The number of carbonyl (C=O) groups is 1. The third-order valence-corrected chi connectivity index (χ3v) is 2.44. The van der Waals surface area contributed by atoms with Gasteiger partial charge in [0.05, 0.1) is 18.9 Å². The molecular weight excluding hydrogens is 242 g/mol. The number of hydrazone groups is 1. The molecule has 0 atom stereocenters. The van der Waals surface area contributed by atoms with Gasteiger partial charge >= 0.3 is 0 Å². The second kappa shape index (κ2) is 6.30. The highest BCUT2D eigenvalue weighted by molar-refractivity contribution is 5.97. The van der Waals surface area contributed by atoms with E-state index in [1.54, 1.807) is 55.0 Å². The largest absolute Gasteiger partial charge is 0.496 e. The van der Waals surface area contributed by atoms with Gasteiger partial charge in [-0.3, -0.25) is 9.78 Å². The van der Waals surface area contributed by atoms with Crippen molar-refractivity contribution in [2.45, 2.75) is 0 Å². The predicted octanol–water partition coefficient (Wildman–Crippen LogP) is 1.85. The quantitative estimate of drug-likeness (QED) is 0.670. The lowest BCUT2D eigenvalue weighted by molar-refractivity contribution is 0.0952. The van der Waals surface area contributed by atoms with Crippen LogP contribution in [-0.2, 0) is 0 Å². The normalized spacial score (nSPS) is 10.4. The van der Waals surface area contributed by atoms with Crippen LogP contribution in [0.4, 0.5) is 0 Å². The Morgan fingerprint density at radius 3 is 2.74 bits per heavy atom. The van der Waals surface area contributed by atoms with Crippen molar-refractivity contribution in [3.8, 4) is 5.75 Å². The van der Waals surface area contributed by atoms with Crippen molar-refractivity contribution in [3.05, 3.63) is 59.9 Å². The minimum atomic E-state index is -0.317. The molecule has 2 rings (SSSR count). The summed E-state index contributed by atoms with van der Waals surface area (Å²) in [6.07, 6.45) is 4.86. The number of nitrogens with zero attached hydrogens (tertiary/aromatic N) is 2. The Morgan fingerprint density at radius 1 is 1.26 bits per heavy atom. The Labute approximate surface area is 110 Å². The van der Waals surface area contributed by atoms with Crippen molar-refractivity contribution in [2.24, 2.45) is 5.10 Å². The number of carbonyl (C=O) groups excluding carboxylic acids is 1. The number of hydrogen-bond acceptors (Lipinski definition) is 4. The van der Waals surface area contributed by atoms with Crippen LogP contribution in [0.25, 0.3) is 0 Å². The number of methoxy groups -OCH3 is 1. The fourth-order valence-electron chi connectivity index (χ4n) is 1.51. The molecule has 0 bridgehead atoms. The van der Waals surface area contributed by atoms with Gasteiger partial charge in [-0.15, -0.1) is 0 Å². The van der Waals surface area contributed by atoms with E-state index in [1.165, 1.54) is 7.11 Å². The van der Waals surface area contributed by atoms with Gasteiger partial charge in [-0.05, 0) is 29.8 Å². The Kier molecular flexibility index (Phi) is 4.23. The molecule has 19 heavy (non-hydrogen) atoms. The summed E-state index contributed by atoms with van der Waals surface area (Å²) in [7, 11) is 1.52. The zero-order valence-corrected chi connectivity index (χ0v) is 10.4. The van der Waals surface area contributed by atoms with Crippen molar-refractivity contribution in [3.63, 3.8) is 0 Å². The molecule has 2 aromatic rings. The summed E-state index contributed by atoms with van der Waals surface area (Å²) >= 11 is 0. The number of rotatable bonds is 4. The molecule has 0 radical (unpaired) electrons. The Balaban J connectivity index is 2.04. The third-order valence-electron chi connectivity index (χ3n) is 2.44. The molecule has 0 aliphatic rings. The Hall–Kier alpha value is -2.69. The van der Waals surface area contributed by atoms with E-state index in [-0.39, 0.29) is 5.91 Å². The van der Waals surface area contributed by atoms with Crippen molar-refractivity contribution in [1.29, 1.82) is 0 Å². The third kappa shape index (κ3) is 3.38. The number of ether oxygens (including phenoxy) is 1. The summed E-state index contributed by atoms with van der Waals surface area (Å²) in [6, 6.07) is 10.6. The first-order valence-electron chi connectivity index (χ1n) is 5.67. The van der Waals surface area contributed by atoms with Crippen molar-refractivity contribution in [2.75, 3.05) is 7.11 Å². The van der Waals surface area contributed by atoms with E-state index < -0.39 is 0 Å². The molecule has 0 saturated carbocycles. The van der Waals surface area contributed by atoms with Gasteiger partial charge in [0.15, 0.2) is 0 Å². The first-order valence-corrected chi connectivity index (χ1v) is 5.67. The summed E-state index contributed by atoms with van der Waals surface area (Å²) in [5.74, 6) is 0.196. The van der Waals surface area contributed by atoms with Gasteiger partial charge in [0, 0.05) is 12.4 Å². The number of hydrogen-bond donors (Lipinski definition) is 1. The van der Waals surface area contributed by atoms with Crippen LogP contribution in [0, 0.1) is 0 Å². The van der Waals surface area contributed by atoms with E-state index in [2.05, 4.69) is 15.5 Å². The average molecular weight is 255 g/mol. The summed E-state index contributed by atoms with van der Waals surface area (Å²) in [6.45, 7) is 0. The molecule has 96 valence electrons. The van der Waals surface area contributed by atoms with Gasteiger partial charge in [0.2, 0.25) is 0 Å². The lowest BCUT2D eigenvalue weighted by Crippen LogP contribution is -2.18. The van der Waals surface area contributed by atoms with Crippen LogP contribution in [-0.4, -0.2) is 24.2 Å². The molecule has 1 aromatic carbocycles. The smallest absolute Gasteiger partial charge is 0.275 e. The average Bonchev–Trinajstić information content (AvgIpc) is 2.48. The van der Waals surface area contributed by atoms with Crippen LogP contribution in [0.5, 0.6) is 5.75 Å². The molecule has 1 aromatic heterocycles. The minimum absolute atomic E-state index is 0.317. The molecule has 0 saturated heterocycles. The van der Waals surface area contributed by atoms with E-state index in [4.69, 9.17) is 4.74 Å². The first-order chi connectivity index (χ1) is 9.31. The molecule has 0 aliphatic carbocycles. The maximum atomic E-state index is 11.9. The van der Waals surface area contributed by atoms with Gasteiger partial charge in [0.25, 0.3) is 5.91 Å². The van der Waals surface area contributed by atoms with Crippen LogP contribution in [0.2, 0.25) is 0 Å². The van der Waals surface area contributed by atoms with E-state index in [1.807, 2.05) is 0 Å². The van der Waals surface area contributed by atoms with Crippen molar-refractivity contribution in [1.82, 2.24) is 10.4 Å². The minimum Gasteiger partial charge on any atom is -0.496 e. The highest BCUT2D eigenvalue weighted by Gasteiger charge is 2.09. The Bertz CT molecular complexity index is 582. The highest BCUT2D eigenvalue weighted by atomic mass is 16.5. The molecule has 0 spiro atoms. The molecule has 0 unspecified atom stereocenters. The van der Waals surface area contributed by atoms with Crippen LogP contribution < -0.4 is 10.2 Å². The van der Waals surface area contributed by atoms with Crippen LogP contribution in [0.1, 0.15) is 15.9 Å². The zero-order valence-electron chi connectivity index (χ0n) is 10.4. The van der Waals surface area contributed by atoms with Crippen LogP contribution in [0.3, 0.4) is 0 Å². The Morgan fingerprint density at radius 2 is 2.00 bits per heavy atom. The SMILES string of the molecule is COc1ccccc1C(=O)N/N=C\c1ccncc1. The summed E-state index contributed by atoms with van der Waals surface area (Å²) in [5.41, 5.74) is 3.75. The van der Waals surface area contributed by atoms with Crippen molar-refractivity contribution >= 4 is 12.1 Å².